The standard InChI is InChI=1S/C24H35FO3/c1-3-5-7-9-11-13-17-27-21-16-15-19-18-20(14-12-10-8-6-4-2)28-24(26)22(19)23(21)25/h15-16,18H,3-14,17H2,1-2H3. The summed E-state index contributed by atoms with van der Waals surface area (Å²) in [6.45, 7) is 4.84. The van der Waals surface area contributed by atoms with Crippen molar-refractivity contribution in [2.24, 2.45) is 0 Å². The van der Waals surface area contributed by atoms with Crippen LogP contribution in [0.2, 0.25) is 0 Å². The molecule has 0 N–H and O–H groups in total. The maximum absolute atomic E-state index is 14.7. The number of halogens is 1. The van der Waals surface area contributed by atoms with E-state index in [1.54, 1.807) is 18.2 Å². The first-order chi connectivity index (χ1) is 13.7. The molecule has 1 aromatic heterocycles. The molecule has 0 aliphatic heterocycles. The van der Waals surface area contributed by atoms with E-state index >= 15 is 0 Å². The first-order valence-corrected chi connectivity index (χ1v) is 11.0. The summed E-state index contributed by atoms with van der Waals surface area (Å²) in [5, 5.41) is 0.583. The van der Waals surface area contributed by atoms with Crippen LogP contribution >= 0.6 is 0 Å². The van der Waals surface area contributed by atoms with Gasteiger partial charge in [-0.15, -0.1) is 0 Å². The van der Waals surface area contributed by atoms with Crippen molar-refractivity contribution >= 4 is 10.8 Å². The molecule has 0 spiro atoms. The molecule has 0 amide bonds. The summed E-state index contributed by atoms with van der Waals surface area (Å²) in [7, 11) is 0. The fourth-order valence-electron chi connectivity index (χ4n) is 3.47. The highest BCUT2D eigenvalue weighted by Crippen LogP contribution is 2.25. The van der Waals surface area contributed by atoms with Crippen LogP contribution in [-0.2, 0) is 6.42 Å². The Kier molecular flexibility index (Phi) is 10.1. The van der Waals surface area contributed by atoms with Crippen molar-refractivity contribution < 1.29 is 13.5 Å². The summed E-state index contributed by atoms with van der Waals surface area (Å²) in [4.78, 5) is 12.3. The summed E-state index contributed by atoms with van der Waals surface area (Å²) in [5.74, 6) is 0.168. The highest BCUT2D eigenvalue weighted by molar-refractivity contribution is 5.83. The molecule has 1 aromatic carbocycles. The summed E-state index contributed by atoms with van der Waals surface area (Å²) < 4.78 is 25.7. The Bertz CT molecular complexity index is 766. The third-order valence-corrected chi connectivity index (χ3v) is 5.17. The predicted octanol–water partition coefficient (Wildman–Crippen LogP) is 7.18. The molecule has 156 valence electrons. The van der Waals surface area contributed by atoms with E-state index in [4.69, 9.17) is 9.15 Å². The van der Waals surface area contributed by atoms with Gasteiger partial charge in [0.25, 0.3) is 0 Å². The van der Waals surface area contributed by atoms with E-state index in [9.17, 15) is 9.18 Å². The Morgan fingerprint density at radius 1 is 0.893 bits per heavy atom. The lowest BCUT2D eigenvalue weighted by molar-refractivity contribution is 0.291. The summed E-state index contributed by atoms with van der Waals surface area (Å²) in [6.07, 6.45) is 13.3. The molecule has 0 fully saturated rings. The lowest BCUT2D eigenvalue weighted by Crippen LogP contribution is -2.07. The number of hydrogen-bond acceptors (Lipinski definition) is 3. The minimum absolute atomic E-state index is 0.00446. The smallest absolute Gasteiger partial charge is 0.346 e. The molecule has 28 heavy (non-hydrogen) atoms. The Morgan fingerprint density at radius 2 is 1.54 bits per heavy atom. The number of benzene rings is 1. The maximum Gasteiger partial charge on any atom is 0.346 e. The highest BCUT2D eigenvalue weighted by Gasteiger charge is 2.14. The van der Waals surface area contributed by atoms with Gasteiger partial charge < -0.3 is 9.15 Å². The number of aryl methyl sites for hydroxylation is 1. The molecule has 0 saturated heterocycles. The largest absolute Gasteiger partial charge is 0.490 e. The molecule has 3 nitrogen and oxygen atoms in total. The average molecular weight is 391 g/mol. The van der Waals surface area contributed by atoms with Gasteiger partial charge in [-0.1, -0.05) is 77.7 Å². The van der Waals surface area contributed by atoms with Crippen molar-refractivity contribution in [3.63, 3.8) is 0 Å². The van der Waals surface area contributed by atoms with E-state index in [1.165, 1.54) is 44.9 Å². The predicted molar refractivity (Wildman–Crippen MR) is 114 cm³/mol. The van der Waals surface area contributed by atoms with Gasteiger partial charge in [-0.05, 0) is 30.4 Å². The van der Waals surface area contributed by atoms with Crippen LogP contribution in [0.15, 0.2) is 27.4 Å². The fraction of sp³-hybridized carbons (Fsp3) is 0.625. The van der Waals surface area contributed by atoms with E-state index in [0.717, 1.165) is 25.7 Å². The normalized spacial score (nSPS) is 11.2. The highest BCUT2D eigenvalue weighted by atomic mass is 19.1. The molecule has 2 rings (SSSR count). The number of fused-ring (bicyclic) bond motifs is 1. The second-order valence-electron chi connectivity index (χ2n) is 7.62. The maximum atomic E-state index is 14.7. The van der Waals surface area contributed by atoms with Gasteiger partial charge in [0.15, 0.2) is 11.6 Å². The number of ether oxygens (including phenoxy) is 1. The van der Waals surface area contributed by atoms with E-state index in [2.05, 4.69) is 13.8 Å². The van der Waals surface area contributed by atoms with Crippen molar-refractivity contribution in [3.8, 4) is 5.75 Å². The summed E-state index contributed by atoms with van der Waals surface area (Å²) in [5.41, 5.74) is -0.608. The van der Waals surface area contributed by atoms with Gasteiger partial charge in [-0.2, -0.15) is 0 Å². The molecular formula is C24H35FO3. The van der Waals surface area contributed by atoms with E-state index in [-0.39, 0.29) is 11.1 Å². The van der Waals surface area contributed by atoms with Crippen LogP contribution in [0.1, 0.15) is 90.2 Å². The van der Waals surface area contributed by atoms with Gasteiger partial charge in [0.1, 0.15) is 11.1 Å². The molecule has 0 unspecified atom stereocenters. The van der Waals surface area contributed by atoms with Crippen molar-refractivity contribution in [2.45, 2.75) is 90.9 Å². The monoisotopic (exact) mass is 390 g/mol. The van der Waals surface area contributed by atoms with E-state index in [0.29, 0.717) is 24.2 Å². The lowest BCUT2D eigenvalue weighted by Gasteiger charge is -2.09. The first-order valence-electron chi connectivity index (χ1n) is 11.0. The lowest BCUT2D eigenvalue weighted by atomic mass is 10.1. The van der Waals surface area contributed by atoms with Gasteiger partial charge in [-0.3, -0.25) is 0 Å². The molecule has 0 bridgehead atoms. The summed E-state index contributed by atoms with van der Waals surface area (Å²) >= 11 is 0. The number of hydrogen-bond donors (Lipinski definition) is 0. The molecular weight excluding hydrogens is 355 g/mol. The Labute approximate surface area is 168 Å². The van der Waals surface area contributed by atoms with Crippen LogP contribution in [0, 0.1) is 5.82 Å². The van der Waals surface area contributed by atoms with Crippen molar-refractivity contribution in [1.29, 1.82) is 0 Å². The van der Waals surface area contributed by atoms with Gasteiger partial charge in [0.2, 0.25) is 0 Å². The van der Waals surface area contributed by atoms with Crippen LogP contribution in [0.3, 0.4) is 0 Å². The van der Waals surface area contributed by atoms with Crippen molar-refractivity contribution in [2.75, 3.05) is 6.61 Å². The SMILES string of the molecule is CCCCCCCCOc1ccc2cc(CCCCCCC)oc(=O)c2c1F. The molecule has 4 heteroatoms. The first kappa shape index (κ1) is 22.4. The van der Waals surface area contributed by atoms with Crippen LogP contribution in [0.25, 0.3) is 10.8 Å². The zero-order chi connectivity index (χ0) is 20.2. The van der Waals surface area contributed by atoms with Gasteiger partial charge in [0.05, 0.1) is 6.61 Å². The van der Waals surface area contributed by atoms with Crippen LogP contribution in [0.5, 0.6) is 5.75 Å². The third-order valence-electron chi connectivity index (χ3n) is 5.17. The Balaban J connectivity index is 1.94. The van der Waals surface area contributed by atoms with Crippen LogP contribution < -0.4 is 10.4 Å². The molecule has 0 aliphatic carbocycles. The van der Waals surface area contributed by atoms with Gasteiger partial charge in [-0.25, -0.2) is 9.18 Å². The van der Waals surface area contributed by atoms with E-state index < -0.39 is 11.4 Å². The summed E-state index contributed by atoms with van der Waals surface area (Å²) in [6, 6.07) is 5.17. The van der Waals surface area contributed by atoms with Crippen molar-refractivity contribution in [1.82, 2.24) is 0 Å². The molecule has 0 saturated carbocycles. The quantitative estimate of drug-likeness (QED) is 0.321. The average Bonchev–Trinajstić information content (AvgIpc) is 2.68. The van der Waals surface area contributed by atoms with Crippen LogP contribution in [-0.4, -0.2) is 6.61 Å². The second-order valence-corrected chi connectivity index (χ2v) is 7.62. The minimum Gasteiger partial charge on any atom is -0.490 e. The Hall–Kier alpha value is -1.84. The zero-order valence-electron chi connectivity index (χ0n) is 17.5. The second kappa shape index (κ2) is 12.6. The topological polar surface area (TPSA) is 39.4 Å². The third kappa shape index (κ3) is 6.96. The van der Waals surface area contributed by atoms with Crippen LogP contribution in [0.4, 0.5) is 4.39 Å². The van der Waals surface area contributed by atoms with E-state index in [1.807, 2.05) is 0 Å². The fourth-order valence-corrected chi connectivity index (χ4v) is 3.47. The molecule has 2 aromatic rings. The van der Waals surface area contributed by atoms with Gasteiger partial charge in [0, 0.05) is 6.42 Å². The minimum atomic E-state index is -0.608. The Morgan fingerprint density at radius 3 is 2.25 bits per heavy atom. The number of unbranched alkanes of at least 4 members (excludes halogenated alkanes) is 9. The number of rotatable bonds is 14. The molecule has 0 aliphatic rings. The molecule has 1 heterocycles. The van der Waals surface area contributed by atoms with Gasteiger partial charge >= 0.3 is 5.63 Å². The van der Waals surface area contributed by atoms with Crippen molar-refractivity contribution in [3.05, 3.63) is 40.2 Å². The zero-order valence-corrected chi connectivity index (χ0v) is 17.5. The molecule has 0 atom stereocenters. The molecule has 0 radical (unpaired) electrons.